The molecule has 0 unspecified atom stereocenters. The predicted octanol–water partition coefficient (Wildman–Crippen LogP) is 4.33. The summed E-state index contributed by atoms with van der Waals surface area (Å²) in [6.07, 6.45) is 5.00. The topological polar surface area (TPSA) is 95.0 Å². The fourth-order valence-electron chi connectivity index (χ4n) is 3.85. The monoisotopic (exact) mass is 504 g/mol. The standard InChI is InChI=1S/C28H32N4O5/c1-3-36-26(33)11-10-21-6-4-7-22(18-21)25-20-29-28(31-27(25)32-12-14-35-15-13-32)30-23-8-5-9-24(19-23)37-17-16-34-2/h4-11,18-20H,3,12-17H2,1-2H3,(H,29,30,31)/b11-10+. The van der Waals surface area contributed by atoms with Gasteiger partial charge in [-0.15, -0.1) is 0 Å². The van der Waals surface area contributed by atoms with E-state index in [-0.39, 0.29) is 5.97 Å². The molecule has 1 aromatic heterocycles. The largest absolute Gasteiger partial charge is 0.491 e. The van der Waals surface area contributed by atoms with Crippen LogP contribution in [0.2, 0.25) is 0 Å². The third-order valence-electron chi connectivity index (χ3n) is 5.62. The zero-order valence-electron chi connectivity index (χ0n) is 21.2. The van der Waals surface area contributed by atoms with Crippen LogP contribution in [0.5, 0.6) is 5.75 Å². The molecule has 194 valence electrons. The number of hydrogen-bond donors (Lipinski definition) is 1. The second kappa shape index (κ2) is 13.4. The molecule has 1 aliphatic heterocycles. The Balaban J connectivity index is 1.60. The number of nitrogens with one attached hydrogen (secondary N) is 1. The molecular formula is C28H32N4O5. The Kier molecular flexibility index (Phi) is 9.45. The number of aromatic nitrogens is 2. The highest BCUT2D eigenvalue weighted by Crippen LogP contribution is 2.32. The highest BCUT2D eigenvalue weighted by Gasteiger charge is 2.19. The molecule has 0 bridgehead atoms. The molecule has 0 aliphatic carbocycles. The lowest BCUT2D eigenvalue weighted by atomic mass is 10.0. The molecule has 0 spiro atoms. The summed E-state index contributed by atoms with van der Waals surface area (Å²) in [4.78, 5) is 23.4. The number of esters is 1. The van der Waals surface area contributed by atoms with Crippen molar-refractivity contribution in [1.29, 1.82) is 0 Å². The summed E-state index contributed by atoms with van der Waals surface area (Å²) in [6, 6.07) is 15.6. The second-order valence-corrected chi connectivity index (χ2v) is 8.24. The van der Waals surface area contributed by atoms with Crippen LogP contribution in [0.25, 0.3) is 17.2 Å². The van der Waals surface area contributed by atoms with E-state index in [0.29, 0.717) is 39.0 Å². The van der Waals surface area contributed by atoms with Crippen molar-refractivity contribution in [3.63, 3.8) is 0 Å². The van der Waals surface area contributed by atoms with Crippen LogP contribution >= 0.6 is 0 Å². The molecule has 0 atom stereocenters. The van der Waals surface area contributed by atoms with Gasteiger partial charge in [-0.3, -0.25) is 0 Å². The lowest BCUT2D eigenvalue weighted by molar-refractivity contribution is -0.137. The van der Waals surface area contributed by atoms with E-state index in [2.05, 4.69) is 15.2 Å². The molecule has 1 aliphatic rings. The van der Waals surface area contributed by atoms with Crippen molar-refractivity contribution in [2.45, 2.75) is 6.92 Å². The minimum atomic E-state index is -0.367. The van der Waals surface area contributed by atoms with Crippen LogP contribution in [0.15, 0.2) is 60.8 Å². The fraction of sp³-hybridized carbons (Fsp3) is 0.321. The predicted molar refractivity (Wildman–Crippen MR) is 143 cm³/mol. The SMILES string of the molecule is CCOC(=O)/C=C/c1cccc(-c2cnc(Nc3cccc(OCCOC)c3)nc2N2CCOCC2)c1. The number of methoxy groups -OCH3 is 1. The van der Waals surface area contributed by atoms with Crippen LogP contribution in [-0.4, -0.2) is 69.2 Å². The number of carbonyl (C=O) groups excluding carboxylic acids is 1. The normalized spacial score (nSPS) is 13.5. The van der Waals surface area contributed by atoms with Gasteiger partial charge in [-0.05, 0) is 42.3 Å². The van der Waals surface area contributed by atoms with Crippen LogP contribution in [0.3, 0.4) is 0 Å². The Labute approximate surface area is 217 Å². The number of morpholine rings is 1. The molecule has 37 heavy (non-hydrogen) atoms. The zero-order chi connectivity index (χ0) is 25.9. The average molecular weight is 505 g/mol. The van der Waals surface area contributed by atoms with E-state index in [1.807, 2.05) is 54.7 Å². The summed E-state index contributed by atoms with van der Waals surface area (Å²) < 4.78 is 21.3. The summed E-state index contributed by atoms with van der Waals surface area (Å²) in [5.41, 5.74) is 3.55. The van der Waals surface area contributed by atoms with Gasteiger partial charge >= 0.3 is 5.97 Å². The first-order valence-electron chi connectivity index (χ1n) is 12.3. The first-order chi connectivity index (χ1) is 18.2. The van der Waals surface area contributed by atoms with Crippen LogP contribution in [-0.2, 0) is 19.0 Å². The molecule has 0 radical (unpaired) electrons. The molecule has 2 heterocycles. The minimum absolute atomic E-state index is 0.342. The lowest BCUT2D eigenvalue weighted by Crippen LogP contribution is -2.37. The van der Waals surface area contributed by atoms with Gasteiger partial charge < -0.3 is 29.2 Å². The van der Waals surface area contributed by atoms with Crippen molar-refractivity contribution in [1.82, 2.24) is 9.97 Å². The Morgan fingerprint density at radius 1 is 1.14 bits per heavy atom. The van der Waals surface area contributed by atoms with Gasteiger partial charge in [0.05, 0.1) is 26.4 Å². The molecule has 4 rings (SSSR count). The molecule has 1 N–H and O–H groups in total. The number of carbonyl (C=O) groups is 1. The number of ether oxygens (including phenoxy) is 4. The molecule has 1 fully saturated rings. The van der Waals surface area contributed by atoms with E-state index in [1.54, 1.807) is 20.1 Å². The number of nitrogens with zero attached hydrogens (tertiary/aromatic N) is 3. The van der Waals surface area contributed by atoms with E-state index in [4.69, 9.17) is 23.9 Å². The molecule has 2 aromatic carbocycles. The first-order valence-corrected chi connectivity index (χ1v) is 12.3. The van der Waals surface area contributed by atoms with Crippen LogP contribution in [0.4, 0.5) is 17.5 Å². The summed E-state index contributed by atoms with van der Waals surface area (Å²) in [5, 5.41) is 3.30. The van der Waals surface area contributed by atoms with Crippen molar-refractivity contribution < 1.29 is 23.7 Å². The van der Waals surface area contributed by atoms with E-state index >= 15 is 0 Å². The second-order valence-electron chi connectivity index (χ2n) is 8.24. The maximum atomic E-state index is 11.7. The Morgan fingerprint density at radius 3 is 2.78 bits per heavy atom. The maximum absolute atomic E-state index is 11.7. The van der Waals surface area contributed by atoms with Crippen molar-refractivity contribution in [3.05, 3.63) is 66.4 Å². The number of benzene rings is 2. The maximum Gasteiger partial charge on any atom is 0.330 e. The summed E-state index contributed by atoms with van der Waals surface area (Å²) >= 11 is 0. The quantitative estimate of drug-likeness (QED) is 0.233. The molecule has 9 heteroatoms. The molecule has 1 saturated heterocycles. The van der Waals surface area contributed by atoms with Crippen molar-refractivity contribution in [2.24, 2.45) is 0 Å². The van der Waals surface area contributed by atoms with Gasteiger partial charge in [0, 0.05) is 49.8 Å². The first kappa shape index (κ1) is 26.1. The summed E-state index contributed by atoms with van der Waals surface area (Å²) in [7, 11) is 1.64. The van der Waals surface area contributed by atoms with Gasteiger partial charge in [0.25, 0.3) is 0 Å². The van der Waals surface area contributed by atoms with Crippen LogP contribution in [0, 0.1) is 0 Å². The van der Waals surface area contributed by atoms with Gasteiger partial charge in [0.15, 0.2) is 0 Å². The van der Waals surface area contributed by atoms with E-state index in [9.17, 15) is 4.79 Å². The van der Waals surface area contributed by atoms with E-state index < -0.39 is 0 Å². The van der Waals surface area contributed by atoms with Gasteiger partial charge in [0.1, 0.15) is 18.2 Å². The van der Waals surface area contributed by atoms with Gasteiger partial charge in [-0.2, -0.15) is 4.98 Å². The van der Waals surface area contributed by atoms with Gasteiger partial charge in [0.2, 0.25) is 5.95 Å². The van der Waals surface area contributed by atoms with E-state index in [1.165, 1.54) is 6.08 Å². The van der Waals surface area contributed by atoms with E-state index in [0.717, 1.165) is 47.0 Å². The molecule has 9 nitrogen and oxygen atoms in total. The number of rotatable bonds is 11. The lowest BCUT2D eigenvalue weighted by Gasteiger charge is -2.29. The summed E-state index contributed by atoms with van der Waals surface area (Å²) in [5.74, 6) is 1.67. The minimum Gasteiger partial charge on any atom is -0.491 e. The zero-order valence-corrected chi connectivity index (χ0v) is 21.2. The fourth-order valence-corrected chi connectivity index (χ4v) is 3.85. The third kappa shape index (κ3) is 7.52. The number of hydrogen-bond acceptors (Lipinski definition) is 9. The highest BCUT2D eigenvalue weighted by atomic mass is 16.5. The van der Waals surface area contributed by atoms with Gasteiger partial charge in [-0.25, -0.2) is 9.78 Å². The Hall–Kier alpha value is -3.95. The molecule has 0 saturated carbocycles. The molecule has 3 aromatic rings. The third-order valence-corrected chi connectivity index (χ3v) is 5.62. The number of anilines is 3. The smallest absolute Gasteiger partial charge is 0.330 e. The molecule has 0 amide bonds. The average Bonchev–Trinajstić information content (AvgIpc) is 2.93. The van der Waals surface area contributed by atoms with Crippen molar-refractivity contribution >= 4 is 29.5 Å². The highest BCUT2D eigenvalue weighted by molar-refractivity contribution is 5.87. The summed E-state index contributed by atoms with van der Waals surface area (Å²) in [6.45, 7) is 5.85. The molecular weight excluding hydrogens is 472 g/mol. The Bertz CT molecular complexity index is 1210. The van der Waals surface area contributed by atoms with Crippen LogP contribution in [0.1, 0.15) is 12.5 Å². The van der Waals surface area contributed by atoms with Crippen molar-refractivity contribution in [2.75, 3.05) is 63.5 Å². The van der Waals surface area contributed by atoms with Crippen LogP contribution < -0.4 is 15.0 Å². The van der Waals surface area contributed by atoms with Gasteiger partial charge in [-0.1, -0.05) is 24.3 Å². The Morgan fingerprint density at radius 2 is 1.97 bits per heavy atom. The van der Waals surface area contributed by atoms with Crippen molar-refractivity contribution in [3.8, 4) is 16.9 Å².